The Balaban J connectivity index is 0.00000162. The quantitative estimate of drug-likeness (QED) is 0.926. The topological polar surface area (TPSA) is 24.5 Å². The van der Waals surface area contributed by atoms with Gasteiger partial charge >= 0.3 is 0 Å². The van der Waals surface area contributed by atoms with Gasteiger partial charge in [0.25, 0.3) is 0 Å². The van der Waals surface area contributed by atoms with Crippen LogP contribution in [-0.4, -0.2) is 37.7 Å². The van der Waals surface area contributed by atoms with E-state index in [0.717, 1.165) is 42.5 Å². The highest BCUT2D eigenvalue weighted by Crippen LogP contribution is 2.24. The summed E-state index contributed by atoms with van der Waals surface area (Å²) in [4.78, 5) is 2.45. The molecule has 0 radical (unpaired) electrons. The maximum atomic E-state index is 6.04. The van der Waals surface area contributed by atoms with Gasteiger partial charge in [-0.25, -0.2) is 0 Å². The molecule has 5 heteroatoms. The number of benzene rings is 1. The van der Waals surface area contributed by atoms with Crippen LogP contribution < -0.4 is 10.1 Å². The first-order valence-electron chi connectivity index (χ1n) is 5.98. The Morgan fingerprint density at radius 2 is 2.28 bits per heavy atom. The van der Waals surface area contributed by atoms with Crippen LogP contribution >= 0.6 is 24.0 Å². The zero-order valence-electron chi connectivity index (χ0n) is 10.8. The molecule has 0 aliphatic carbocycles. The molecular weight excluding hydrogens is 271 g/mol. The van der Waals surface area contributed by atoms with E-state index in [1.807, 2.05) is 18.2 Å². The number of methoxy groups -OCH3 is 1. The molecule has 1 fully saturated rings. The number of hydrogen-bond acceptors (Lipinski definition) is 3. The second kappa shape index (κ2) is 7.19. The van der Waals surface area contributed by atoms with Gasteiger partial charge in [-0.3, -0.25) is 4.90 Å². The standard InChI is InChI=1S/C13H19ClN2O.ClH/c1-10-8-15-5-6-16(10)9-11-7-12(14)3-4-13(11)17-2;/h3-4,7,10,15H,5-6,8-9H2,1-2H3;1H/t10-;/m1./s1. The molecule has 3 nitrogen and oxygen atoms in total. The van der Waals surface area contributed by atoms with Crippen LogP contribution in [0.3, 0.4) is 0 Å². The van der Waals surface area contributed by atoms with Crippen LogP contribution in [-0.2, 0) is 6.54 Å². The average molecular weight is 291 g/mol. The number of ether oxygens (including phenoxy) is 1. The van der Waals surface area contributed by atoms with Gasteiger partial charge in [0.1, 0.15) is 5.75 Å². The second-order valence-corrected chi connectivity index (χ2v) is 4.92. The Hall–Kier alpha value is -0.480. The largest absolute Gasteiger partial charge is 0.496 e. The van der Waals surface area contributed by atoms with E-state index in [9.17, 15) is 0 Å². The highest BCUT2D eigenvalue weighted by Gasteiger charge is 2.19. The van der Waals surface area contributed by atoms with Crippen molar-refractivity contribution in [3.8, 4) is 5.75 Å². The normalized spacial score (nSPS) is 20.3. The predicted molar refractivity (Wildman–Crippen MR) is 78.0 cm³/mol. The summed E-state index contributed by atoms with van der Waals surface area (Å²) in [7, 11) is 1.70. The third-order valence-corrected chi connectivity index (χ3v) is 3.49. The smallest absolute Gasteiger partial charge is 0.123 e. The zero-order valence-corrected chi connectivity index (χ0v) is 12.4. The lowest BCUT2D eigenvalue weighted by atomic mass is 10.1. The summed E-state index contributed by atoms with van der Waals surface area (Å²) in [6.45, 7) is 6.29. The third-order valence-electron chi connectivity index (χ3n) is 3.25. The van der Waals surface area contributed by atoms with Crippen molar-refractivity contribution in [3.63, 3.8) is 0 Å². The molecule has 1 aliphatic heterocycles. The number of hydrogen-bond donors (Lipinski definition) is 1. The van der Waals surface area contributed by atoms with Crippen LogP contribution in [0.4, 0.5) is 0 Å². The zero-order chi connectivity index (χ0) is 12.3. The van der Waals surface area contributed by atoms with E-state index in [2.05, 4.69) is 17.1 Å². The minimum absolute atomic E-state index is 0. The molecule has 0 saturated carbocycles. The molecule has 1 aromatic rings. The van der Waals surface area contributed by atoms with Crippen LogP contribution in [0.5, 0.6) is 5.75 Å². The minimum Gasteiger partial charge on any atom is -0.496 e. The summed E-state index contributed by atoms with van der Waals surface area (Å²) in [5, 5.41) is 4.16. The number of halogens is 2. The summed E-state index contributed by atoms with van der Waals surface area (Å²) >= 11 is 6.04. The lowest BCUT2D eigenvalue weighted by Gasteiger charge is -2.34. The van der Waals surface area contributed by atoms with Crippen molar-refractivity contribution in [2.45, 2.75) is 19.5 Å². The Morgan fingerprint density at radius 1 is 1.50 bits per heavy atom. The van der Waals surface area contributed by atoms with E-state index in [-0.39, 0.29) is 12.4 Å². The van der Waals surface area contributed by atoms with Crippen LogP contribution in [0.2, 0.25) is 5.02 Å². The van der Waals surface area contributed by atoms with Crippen molar-refractivity contribution in [2.24, 2.45) is 0 Å². The molecule has 18 heavy (non-hydrogen) atoms. The van der Waals surface area contributed by atoms with E-state index < -0.39 is 0 Å². The van der Waals surface area contributed by atoms with Crippen molar-refractivity contribution in [1.82, 2.24) is 10.2 Å². The van der Waals surface area contributed by atoms with Gasteiger partial charge in [-0.05, 0) is 25.1 Å². The molecule has 1 atom stereocenters. The Kier molecular flexibility index (Phi) is 6.22. The summed E-state index contributed by atoms with van der Waals surface area (Å²) < 4.78 is 5.38. The fourth-order valence-electron chi connectivity index (χ4n) is 2.21. The van der Waals surface area contributed by atoms with E-state index in [4.69, 9.17) is 16.3 Å². The van der Waals surface area contributed by atoms with Gasteiger partial charge in [-0.1, -0.05) is 11.6 Å². The fourth-order valence-corrected chi connectivity index (χ4v) is 2.40. The van der Waals surface area contributed by atoms with Crippen LogP contribution in [0.25, 0.3) is 0 Å². The number of piperazine rings is 1. The Morgan fingerprint density at radius 3 is 2.94 bits per heavy atom. The van der Waals surface area contributed by atoms with E-state index in [0.29, 0.717) is 6.04 Å². The first-order chi connectivity index (χ1) is 8.20. The predicted octanol–water partition coefficient (Wildman–Crippen LogP) is 2.56. The van der Waals surface area contributed by atoms with Crippen LogP contribution in [0, 0.1) is 0 Å². The molecule has 0 amide bonds. The van der Waals surface area contributed by atoms with Gasteiger partial charge < -0.3 is 10.1 Å². The molecule has 1 saturated heterocycles. The second-order valence-electron chi connectivity index (χ2n) is 4.48. The molecule has 0 spiro atoms. The summed E-state index contributed by atoms with van der Waals surface area (Å²) in [6, 6.07) is 6.34. The van der Waals surface area contributed by atoms with E-state index >= 15 is 0 Å². The van der Waals surface area contributed by atoms with Crippen molar-refractivity contribution in [3.05, 3.63) is 28.8 Å². The summed E-state index contributed by atoms with van der Waals surface area (Å²) in [5.74, 6) is 0.917. The van der Waals surface area contributed by atoms with Crippen LogP contribution in [0.15, 0.2) is 18.2 Å². The minimum atomic E-state index is 0. The maximum Gasteiger partial charge on any atom is 0.123 e. The molecule has 102 valence electrons. The molecule has 1 heterocycles. The molecule has 0 aromatic heterocycles. The fraction of sp³-hybridized carbons (Fsp3) is 0.538. The number of rotatable bonds is 3. The van der Waals surface area contributed by atoms with Gasteiger partial charge in [0.05, 0.1) is 7.11 Å². The monoisotopic (exact) mass is 290 g/mol. The molecule has 0 unspecified atom stereocenters. The number of nitrogens with zero attached hydrogens (tertiary/aromatic N) is 1. The van der Waals surface area contributed by atoms with Gasteiger partial charge in [0.2, 0.25) is 0 Å². The van der Waals surface area contributed by atoms with E-state index in [1.54, 1.807) is 7.11 Å². The highest BCUT2D eigenvalue weighted by molar-refractivity contribution is 6.30. The third kappa shape index (κ3) is 3.75. The summed E-state index contributed by atoms with van der Waals surface area (Å²) in [5.41, 5.74) is 1.16. The first kappa shape index (κ1) is 15.6. The van der Waals surface area contributed by atoms with Gasteiger partial charge in [-0.15, -0.1) is 12.4 Å². The summed E-state index contributed by atoms with van der Waals surface area (Å²) in [6.07, 6.45) is 0. The van der Waals surface area contributed by atoms with Crippen LogP contribution in [0.1, 0.15) is 12.5 Å². The van der Waals surface area contributed by atoms with Crippen molar-refractivity contribution in [1.29, 1.82) is 0 Å². The first-order valence-corrected chi connectivity index (χ1v) is 6.35. The number of nitrogens with one attached hydrogen (secondary N) is 1. The van der Waals surface area contributed by atoms with Gasteiger partial charge in [-0.2, -0.15) is 0 Å². The molecule has 2 rings (SSSR count). The Labute approximate surface area is 120 Å². The molecule has 1 aromatic carbocycles. The maximum absolute atomic E-state index is 6.04. The van der Waals surface area contributed by atoms with Gasteiger partial charge in [0, 0.05) is 42.8 Å². The Bertz CT molecular complexity index is 387. The molecule has 1 aliphatic rings. The molecule has 1 N–H and O–H groups in total. The lowest BCUT2D eigenvalue weighted by Crippen LogP contribution is -2.49. The molecular formula is C13H20Cl2N2O. The lowest BCUT2D eigenvalue weighted by molar-refractivity contribution is 0.164. The molecule has 0 bridgehead atoms. The van der Waals surface area contributed by atoms with Gasteiger partial charge in [0.15, 0.2) is 0 Å². The van der Waals surface area contributed by atoms with Crippen molar-refractivity contribution >= 4 is 24.0 Å². The average Bonchev–Trinajstić information content (AvgIpc) is 2.32. The SMILES string of the molecule is COc1ccc(Cl)cc1CN1CCNC[C@H]1C.Cl. The highest BCUT2D eigenvalue weighted by atomic mass is 35.5. The van der Waals surface area contributed by atoms with Crippen molar-refractivity contribution in [2.75, 3.05) is 26.7 Å². The van der Waals surface area contributed by atoms with Crippen molar-refractivity contribution < 1.29 is 4.74 Å². The van der Waals surface area contributed by atoms with E-state index in [1.165, 1.54) is 0 Å².